The van der Waals surface area contributed by atoms with E-state index in [1.165, 1.54) is 71.6 Å². The number of aryl methyl sites for hydroxylation is 1. The van der Waals surface area contributed by atoms with Gasteiger partial charge in [0.1, 0.15) is 0 Å². The van der Waals surface area contributed by atoms with Crippen LogP contribution in [0.25, 0.3) is 43.8 Å². The van der Waals surface area contributed by atoms with Crippen LogP contribution in [0.3, 0.4) is 0 Å². The second-order valence-electron chi connectivity index (χ2n) is 13.7. The van der Waals surface area contributed by atoms with Gasteiger partial charge in [-0.05, 0) is 46.1 Å². The maximum absolute atomic E-state index is 3.67. The Balaban J connectivity index is 0.000000225. The molecule has 0 fully saturated rings. The zero-order valence-electron chi connectivity index (χ0n) is 26.8. The van der Waals surface area contributed by atoms with Crippen LogP contribution < -0.4 is 24.8 Å². The van der Waals surface area contributed by atoms with Gasteiger partial charge < -0.3 is 24.8 Å². The number of hydrogen-bond donors (Lipinski definition) is 0. The molecule has 3 heteroatoms. The third-order valence-electron chi connectivity index (χ3n) is 8.52. The van der Waals surface area contributed by atoms with Crippen molar-refractivity contribution in [3.8, 4) is 22.3 Å². The molecule has 0 radical (unpaired) electrons. The van der Waals surface area contributed by atoms with Crippen molar-refractivity contribution in [2.24, 2.45) is 0 Å². The molecule has 7 rings (SSSR count). The van der Waals surface area contributed by atoms with Crippen molar-refractivity contribution in [2.45, 2.75) is 65.7 Å². The molecule has 0 N–H and O–H groups in total. The molecule has 0 aliphatic heterocycles. The molecular formula is C41H40Cl2Ti. The molecule has 1 aliphatic carbocycles. The van der Waals surface area contributed by atoms with Crippen LogP contribution in [0, 0.1) is 13.0 Å². The summed E-state index contributed by atoms with van der Waals surface area (Å²) in [5, 5.41) is 5.28. The van der Waals surface area contributed by atoms with Gasteiger partial charge in [-0.25, -0.2) is 0 Å². The summed E-state index contributed by atoms with van der Waals surface area (Å²) < 4.78 is 0. The molecule has 0 heterocycles. The zero-order chi connectivity index (χ0) is 28.9. The van der Waals surface area contributed by atoms with Gasteiger partial charge in [0.25, 0.3) is 0 Å². The van der Waals surface area contributed by atoms with Crippen molar-refractivity contribution in [1.82, 2.24) is 0 Å². The van der Waals surface area contributed by atoms with Crippen molar-refractivity contribution < 1.29 is 46.5 Å². The molecule has 0 amide bonds. The Kier molecular flexibility index (Phi) is 11.1. The first kappa shape index (κ1) is 35.7. The molecule has 0 spiro atoms. The van der Waals surface area contributed by atoms with E-state index < -0.39 is 0 Å². The third-order valence-corrected chi connectivity index (χ3v) is 8.52. The molecule has 0 saturated carbocycles. The quantitative estimate of drug-likeness (QED) is 0.166. The average Bonchev–Trinajstić information content (AvgIpc) is 3.53. The van der Waals surface area contributed by atoms with E-state index in [1.54, 1.807) is 0 Å². The summed E-state index contributed by atoms with van der Waals surface area (Å²) in [5.74, 6) is 0. The third kappa shape index (κ3) is 7.21. The standard InChI is InChI=1S/C21H25.C20H15.2ClH.Ti/c1-20(2,3)16-9-10-18-15(12-16)11-14-7-8-17(13-19(14)18)21(4,5)6;1-14-5-4-8-15-9-10-18(13-20(14)15)19-11-16-6-2-3-7-17(16)12-19;;;/h7-10,13H,11H2,1-6H3;2-13H,1H3;2*1H;/q2*-1;;;+4/p-2. The molecule has 0 bridgehead atoms. The minimum atomic E-state index is 0. The van der Waals surface area contributed by atoms with Gasteiger partial charge in [-0.1, -0.05) is 131 Å². The van der Waals surface area contributed by atoms with Crippen LogP contribution in [0.2, 0.25) is 0 Å². The normalized spacial score (nSPS) is 11.8. The predicted molar refractivity (Wildman–Crippen MR) is 178 cm³/mol. The summed E-state index contributed by atoms with van der Waals surface area (Å²) >= 11 is 0. The molecule has 0 aromatic heterocycles. The van der Waals surface area contributed by atoms with E-state index in [4.69, 9.17) is 0 Å². The molecule has 0 atom stereocenters. The summed E-state index contributed by atoms with van der Waals surface area (Å²) in [5.41, 5.74) is 12.6. The summed E-state index contributed by atoms with van der Waals surface area (Å²) in [6.45, 7) is 15.8. The van der Waals surface area contributed by atoms with Gasteiger partial charge in [-0.2, -0.15) is 23.8 Å². The van der Waals surface area contributed by atoms with Crippen LogP contribution in [0.4, 0.5) is 0 Å². The molecule has 44 heavy (non-hydrogen) atoms. The number of benzene rings is 5. The second kappa shape index (κ2) is 13.7. The fourth-order valence-corrected chi connectivity index (χ4v) is 5.93. The fourth-order valence-electron chi connectivity index (χ4n) is 5.93. The average molecular weight is 652 g/mol. The summed E-state index contributed by atoms with van der Waals surface area (Å²) in [6, 6.07) is 41.5. The van der Waals surface area contributed by atoms with E-state index in [0.29, 0.717) is 0 Å². The summed E-state index contributed by atoms with van der Waals surface area (Å²) in [6.07, 6.45) is 1.03. The van der Waals surface area contributed by atoms with Crippen LogP contribution in [-0.4, -0.2) is 0 Å². The van der Waals surface area contributed by atoms with Crippen molar-refractivity contribution >= 4 is 21.5 Å². The van der Waals surface area contributed by atoms with Crippen LogP contribution >= 0.6 is 0 Å². The van der Waals surface area contributed by atoms with E-state index in [9.17, 15) is 0 Å². The van der Waals surface area contributed by atoms with Gasteiger partial charge in [-0.3, -0.25) is 0 Å². The Morgan fingerprint density at radius 2 is 1.39 bits per heavy atom. The Hall–Kier alpha value is -2.74. The van der Waals surface area contributed by atoms with Gasteiger partial charge in [-0.15, -0.1) is 45.7 Å². The monoisotopic (exact) mass is 650 g/mol. The van der Waals surface area contributed by atoms with Gasteiger partial charge in [0.2, 0.25) is 0 Å². The largest absolute Gasteiger partial charge is 4.00 e. The summed E-state index contributed by atoms with van der Waals surface area (Å²) in [7, 11) is 0. The van der Waals surface area contributed by atoms with Gasteiger partial charge in [0, 0.05) is 0 Å². The van der Waals surface area contributed by atoms with Crippen LogP contribution in [0.5, 0.6) is 0 Å². The Morgan fingerprint density at radius 3 is 2.09 bits per heavy atom. The molecule has 0 unspecified atom stereocenters. The number of rotatable bonds is 1. The van der Waals surface area contributed by atoms with Crippen molar-refractivity contribution in [3.63, 3.8) is 0 Å². The van der Waals surface area contributed by atoms with E-state index in [0.717, 1.165) is 6.42 Å². The molecule has 0 nitrogen and oxygen atoms in total. The molecule has 222 valence electrons. The Morgan fingerprint density at radius 1 is 0.659 bits per heavy atom. The van der Waals surface area contributed by atoms with E-state index in [1.807, 2.05) is 0 Å². The number of halogens is 2. The van der Waals surface area contributed by atoms with E-state index >= 15 is 0 Å². The maximum Gasteiger partial charge on any atom is 4.00 e. The molecule has 6 aromatic carbocycles. The topological polar surface area (TPSA) is 0 Å². The van der Waals surface area contributed by atoms with E-state index in [2.05, 4.69) is 158 Å². The predicted octanol–water partition coefficient (Wildman–Crippen LogP) is 5.35. The second-order valence-corrected chi connectivity index (χ2v) is 13.7. The van der Waals surface area contributed by atoms with Crippen molar-refractivity contribution in [2.75, 3.05) is 0 Å². The zero-order valence-corrected chi connectivity index (χ0v) is 29.9. The number of fused-ring (bicyclic) bond motifs is 5. The molecule has 6 aromatic rings. The number of hydrogen-bond acceptors (Lipinski definition) is 0. The maximum atomic E-state index is 3.67. The summed E-state index contributed by atoms with van der Waals surface area (Å²) in [4.78, 5) is 0. The minimum absolute atomic E-state index is 0. The first-order valence-corrected chi connectivity index (χ1v) is 14.8. The van der Waals surface area contributed by atoms with Gasteiger partial charge in [0.05, 0.1) is 0 Å². The molecular weight excluding hydrogens is 611 g/mol. The van der Waals surface area contributed by atoms with Crippen LogP contribution in [-0.2, 0) is 39.0 Å². The van der Waals surface area contributed by atoms with Crippen LogP contribution in [0.1, 0.15) is 69.4 Å². The molecule has 1 aliphatic rings. The SMILES string of the molecule is CC(C)(C)c1[c-]c2c(cc1)-c1cc(C(C)(C)C)ccc1C2.Cc1cccc2ccc(-c3cc4ccccc4[cH-]3)cc12.[Cl-].[Cl-].[Ti+4]. The van der Waals surface area contributed by atoms with Crippen molar-refractivity contribution in [3.05, 3.63) is 137 Å². The Bertz CT molecular complexity index is 1860. The van der Waals surface area contributed by atoms with Gasteiger partial charge in [0.15, 0.2) is 0 Å². The van der Waals surface area contributed by atoms with E-state index in [-0.39, 0.29) is 57.4 Å². The smallest absolute Gasteiger partial charge is 1.00 e. The first-order chi connectivity index (χ1) is 19.5. The molecule has 0 saturated heterocycles. The van der Waals surface area contributed by atoms with Crippen molar-refractivity contribution in [1.29, 1.82) is 0 Å². The first-order valence-electron chi connectivity index (χ1n) is 14.8. The minimum Gasteiger partial charge on any atom is -1.00 e. The van der Waals surface area contributed by atoms with Crippen LogP contribution in [0.15, 0.2) is 103 Å². The Labute approximate surface area is 291 Å². The van der Waals surface area contributed by atoms with Gasteiger partial charge >= 0.3 is 21.7 Å². The fraction of sp³-hybridized carbons (Fsp3) is 0.244.